The van der Waals surface area contributed by atoms with Crippen LogP contribution in [-0.4, -0.2) is 25.9 Å². The van der Waals surface area contributed by atoms with Crippen LogP contribution in [0.4, 0.5) is 14.5 Å². The number of carbonyl (C=O) groups excluding carboxylic acids is 1. The van der Waals surface area contributed by atoms with E-state index >= 15 is 0 Å². The van der Waals surface area contributed by atoms with Crippen LogP contribution in [0.1, 0.15) is 16.1 Å². The topological polar surface area (TPSA) is 88.7 Å². The zero-order chi connectivity index (χ0) is 21.0. The van der Waals surface area contributed by atoms with Gasteiger partial charge in [-0.2, -0.15) is 10.2 Å². The van der Waals surface area contributed by atoms with Crippen molar-refractivity contribution in [2.24, 2.45) is 7.05 Å². The molecule has 0 saturated heterocycles. The Morgan fingerprint density at radius 1 is 1.17 bits per heavy atom. The number of benzene rings is 2. The Bertz CT molecular complexity index is 1450. The van der Waals surface area contributed by atoms with Gasteiger partial charge in [0, 0.05) is 24.2 Å². The SMILES string of the molecule is Cc1ccc(-c2n[nH]c3ccc(NC(=O)c4c(F)cc5c(cnn5C)c4F)cc23)o1. The highest BCUT2D eigenvalue weighted by Crippen LogP contribution is 2.30. The summed E-state index contributed by atoms with van der Waals surface area (Å²) in [7, 11) is 1.57. The lowest BCUT2D eigenvalue weighted by molar-refractivity contribution is 0.101. The number of nitrogens with zero attached hydrogens (tertiary/aromatic N) is 3. The van der Waals surface area contributed by atoms with Crippen molar-refractivity contribution in [1.29, 1.82) is 0 Å². The summed E-state index contributed by atoms with van der Waals surface area (Å²) in [5.74, 6) is -1.50. The molecule has 0 bridgehead atoms. The fourth-order valence-electron chi connectivity index (χ4n) is 3.46. The van der Waals surface area contributed by atoms with Gasteiger partial charge < -0.3 is 9.73 Å². The van der Waals surface area contributed by atoms with Crippen LogP contribution in [-0.2, 0) is 7.05 Å². The van der Waals surface area contributed by atoms with E-state index in [4.69, 9.17) is 4.42 Å². The fourth-order valence-corrected chi connectivity index (χ4v) is 3.46. The predicted octanol–water partition coefficient (Wildman–Crippen LogP) is 4.55. The molecule has 0 unspecified atom stereocenters. The zero-order valence-corrected chi connectivity index (χ0v) is 16.0. The molecular formula is C21H15F2N5O2. The molecule has 0 aliphatic heterocycles. The van der Waals surface area contributed by atoms with E-state index in [1.165, 1.54) is 10.9 Å². The molecule has 0 saturated carbocycles. The number of aromatic nitrogens is 4. The second-order valence-corrected chi connectivity index (χ2v) is 6.95. The van der Waals surface area contributed by atoms with Gasteiger partial charge in [0.1, 0.15) is 28.7 Å². The number of H-pyrrole nitrogens is 1. The number of anilines is 1. The highest BCUT2D eigenvalue weighted by atomic mass is 19.1. The molecule has 0 atom stereocenters. The number of furan rings is 1. The maximum atomic E-state index is 14.8. The summed E-state index contributed by atoms with van der Waals surface area (Å²) in [4.78, 5) is 12.7. The Labute approximate surface area is 168 Å². The largest absolute Gasteiger partial charge is 0.460 e. The van der Waals surface area contributed by atoms with Crippen LogP contribution in [0, 0.1) is 18.6 Å². The Balaban J connectivity index is 1.53. The average Bonchev–Trinajstić information content (AvgIpc) is 3.41. The molecule has 0 fully saturated rings. The molecule has 3 aromatic heterocycles. The number of aryl methyl sites for hydroxylation is 2. The number of hydrogen-bond acceptors (Lipinski definition) is 4. The Morgan fingerprint density at radius 3 is 2.77 bits per heavy atom. The van der Waals surface area contributed by atoms with Crippen molar-refractivity contribution in [3.8, 4) is 11.5 Å². The first-order valence-corrected chi connectivity index (χ1v) is 9.08. The number of hydrogen-bond donors (Lipinski definition) is 2. The molecule has 0 aliphatic carbocycles. The van der Waals surface area contributed by atoms with Crippen molar-refractivity contribution >= 4 is 33.4 Å². The molecule has 3 heterocycles. The molecule has 9 heteroatoms. The monoisotopic (exact) mass is 407 g/mol. The molecule has 2 N–H and O–H groups in total. The summed E-state index contributed by atoms with van der Waals surface area (Å²) in [5, 5.41) is 14.4. The molecule has 2 aromatic carbocycles. The van der Waals surface area contributed by atoms with Crippen LogP contribution >= 0.6 is 0 Å². The maximum absolute atomic E-state index is 14.8. The van der Waals surface area contributed by atoms with E-state index in [1.54, 1.807) is 31.3 Å². The van der Waals surface area contributed by atoms with Crippen molar-refractivity contribution < 1.29 is 18.0 Å². The maximum Gasteiger partial charge on any atom is 0.261 e. The summed E-state index contributed by atoms with van der Waals surface area (Å²) < 4.78 is 36.3. The molecule has 0 aliphatic rings. The molecule has 5 rings (SSSR count). The van der Waals surface area contributed by atoms with Gasteiger partial charge in [-0.15, -0.1) is 0 Å². The van der Waals surface area contributed by atoms with Gasteiger partial charge >= 0.3 is 0 Å². The lowest BCUT2D eigenvalue weighted by Gasteiger charge is -2.08. The highest BCUT2D eigenvalue weighted by molar-refractivity contribution is 6.08. The van der Waals surface area contributed by atoms with Gasteiger partial charge in [-0.1, -0.05) is 0 Å². The van der Waals surface area contributed by atoms with Gasteiger partial charge in [0.2, 0.25) is 0 Å². The Kier molecular flexibility index (Phi) is 3.92. The zero-order valence-electron chi connectivity index (χ0n) is 16.0. The molecule has 5 aromatic rings. The van der Waals surface area contributed by atoms with Crippen molar-refractivity contribution in [2.45, 2.75) is 6.92 Å². The first kappa shape index (κ1) is 18.0. The van der Waals surface area contributed by atoms with Crippen molar-refractivity contribution in [2.75, 3.05) is 5.32 Å². The predicted molar refractivity (Wildman–Crippen MR) is 107 cm³/mol. The molecule has 150 valence electrons. The van der Waals surface area contributed by atoms with E-state index in [1.807, 2.05) is 13.0 Å². The van der Waals surface area contributed by atoms with Gasteiger partial charge in [-0.05, 0) is 37.3 Å². The summed E-state index contributed by atoms with van der Waals surface area (Å²) in [6.07, 6.45) is 1.26. The third-order valence-corrected chi connectivity index (χ3v) is 4.96. The van der Waals surface area contributed by atoms with Crippen LogP contribution in [0.2, 0.25) is 0 Å². The van der Waals surface area contributed by atoms with E-state index in [0.717, 1.165) is 17.3 Å². The minimum Gasteiger partial charge on any atom is -0.460 e. The van der Waals surface area contributed by atoms with Crippen molar-refractivity contribution in [1.82, 2.24) is 20.0 Å². The lowest BCUT2D eigenvalue weighted by Crippen LogP contribution is -2.16. The number of halogens is 2. The van der Waals surface area contributed by atoms with E-state index in [2.05, 4.69) is 20.6 Å². The minimum absolute atomic E-state index is 0.0739. The first-order chi connectivity index (χ1) is 14.4. The van der Waals surface area contributed by atoms with Crippen LogP contribution in [0.5, 0.6) is 0 Å². The number of amides is 1. The number of nitrogens with one attached hydrogen (secondary N) is 2. The van der Waals surface area contributed by atoms with Crippen LogP contribution in [0.3, 0.4) is 0 Å². The van der Waals surface area contributed by atoms with Crippen LogP contribution in [0.15, 0.2) is 47.0 Å². The number of fused-ring (bicyclic) bond motifs is 2. The molecular weight excluding hydrogens is 392 g/mol. The van der Waals surface area contributed by atoms with Gasteiger partial charge in [0.15, 0.2) is 5.76 Å². The molecule has 0 radical (unpaired) electrons. The molecule has 7 nitrogen and oxygen atoms in total. The molecule has 30 heavy (non-hydrogen) atoms. The Hall–Kier alpha value is -4.01. The number of carbonyl (C=O) groups is 1. The van der Waals surface area contributed by atoms with Gasteiger partial charge in [-0.25, -0.2) is 8.78 Å². The summed E-state index contributed by atoms with van der Waals surface area (Å²) in [6, 6.07) is 9.72. The first-order valence-electron chi connectivity index (χ1n) is 9.08. The van der Waals surface area contributed by atoms with Gasteiger partial charge in [-0.3, -0.25) is 14.6 Å². The quantitative estimate of drug-likeness (QED) is 0.459. The summed E-state index contributed by atoms with van der Waals surface area (Å²) >= 11 is 0. The average molecular weight is 407 g/mol. The second kappa shape index (κ2) is 6.51. The smallest absolute Gasteiger partial charge is 0.261 e. The van der Waals surface area contributed by atoms with Gasteiger partial charge in [0.05, 0.1) is 22.6 Å². The van der Waals surface area contributed by atoms with E-state index in [0.29, 0.717) is 22.5 Å². The van der Waals surface area contributed by atoms with Crippen LogP contribution in [0.25, 0.3) is 33.3 Å². The van der Waals surface area contributed by atoms with E-state index < -0.39 is 23.1 Å². The highest BCUT2D eigenvalue weighted by Gasteiger charge is 2.22. The Morgan fingerprint density at radius 2 is 2.00 bits per heavy atom. The summed E-state index contributed by atoms with van der Waals surface area (Å²) in [6.45, 7) is 1.83. The standard InChI is InChI=1S/C21H15F2N5O2/c1-10-3-6-17(30-10)20-12-7-11(4-5-15(12)26-27-20)25-21(29)18-14(22)8-16-13(19(18)23)9-24-28(16)2/h3-9H,1-2H3,(H,25,29)(H,26,27). The van der Waals surface area contributed by atoms with Crippen molar-refractivity contribution in [3.05, 3.63) is 65.6 Å². The molecule has 1 amide bonds. The number of rotatable bonds is 3. The molecule has 0 spiro atoms. The normalized spacial score (nSPS) is 11.5. The second-order valence-electron chi connectivity index (χ2n) is 6.95. The number of aromatic amines is 1. The van der Waals surface area contributed by atoms with E-state index in [-0.39, 0.29) is 10.9 Å². The van der Waals surface area contributed by atoms with Crippen molar-refractivity contribution in [3.63, 3.8) is 0 Å². The fraction of sp³-hybridized carbons (Fsp3) is 0.0952. The lowest BCUT2D eigenvalue weighted by atomic mass is 10.1. The van der Waals surface area contributed by atoms with Crippen LogP contribution < -0.4 is 5.32 Å². The minimum atomic E-state index is -0.961. The van der Waals surface area contributed by atoms with Gasteiger partial charge in [0.25, 0.3) is 5.91 Å². The third kappa shape index (κ3) is 2.74. The third-order valence-electron chi connectivity index (χ3n) is 4.96. The van der Waals surface area contributed by atoms with E-state index in [9.17, 15) is 13.6 Å². The summed E-state index contributed by atoms with van der Waals surface area (Å²) in [5.41, 5.74) is 1.27.